The first-order chi connectivity index (χ1) is 28.9. The highest BCUT2D eigenvalue weighted by Gasteiger charge is 2.63. The first-order valence-corrected chi connectivity index (χ1v) is 23.2. The molecule has 61 heavy (non-hydrogen) atoms. The predicted octanol–water partition coefficient (Wildman–Crippen LogP) is 4.30. The van der Waals surface area contributed by atoms with Crippen molar-refractivity contribution in [2.24, 2.45) is 17.8 Å². The third kappa shape index (κ3) is 8.73. The SMILES string of the molecule is COc1ccc2c(O[C@@H]3C[C@H]4C(=O)N[C@]5(C(=O)NS(=O)(=O)C6(C)CC6)C[C@H]5/C=C\CC[C@H](C)C[C@@H](C)[C@H](N(C)C(=O)OC5(C)CC5)C(=O)N4C3)nc(N3CCOCC3)cc2c1. The number of sulfonamides is 1. The standard InChI is InChI=1S/C44H60N6O10S/c1-27-9-7-8-10-30-25-44(30,40(53)47-61(55,56)43(4)15-16-43)46-37(51)34-24-32(26-50(34)39(52)36(28(2)21-27)48(5)41(54)60-42(3)13-14-42)59-38-33-12-11-31(57-6)22-29(33)23-35(45-38)49-17-19-58-20-18-49/h8,10-12,22-23,27-28,30,32,34,36H,7,9,13-21,24-26H2,1-6H3,(H,46,51)(H,47,53)/b10-8-/t27-,28+,30+,32+,34-,36-,44+/m0/s1. The van der Waals surface area contributed by atoms with Crippen molar-refractivity contribution in [3.63, 3.8) is 0 Å². The van der Waals surface area contributed by atoms with E-state index in [0.29, 0.717) is 74.8 Å². The fourth-order valence-electron chi connectivity index (χ4n) is 9.12. The molecule has 0 bridgehead atoms. The minimum Gasteiger partial charge on any atom is -0.497 e. The van der Waals surface area contributed by atoms with E-state index in [-0.39, 0.29) is 31.2 Å². The molecule has 3 aliphatic carbocycles. The van der Waals surface area contributed by atoms with Gasteiger partial charge in [-0.15, -0.1) is 0 Å². The van der Waals surface area contributed by atoms with Gasteiger partial charge in [0.25, 0.3) is 5.91 Å². The van der Waals surface area contributed by atoms with Gasteiger partial charge >= 0.3 is 6.09 Å². The van der Waals surface area contributed by atoms with E-state index < -0.39 is 73.8 Å². The molecule has 1 aromatic heterocycles. The molecule has 4 amide bonds. The summed E-state index contributed by atoms with van der Waals surface area (Å²) in [6.07, 6.45) is 7.17. The van der Waals surface area contributed by atoms with Crippen LogP contribution in [0, 0.1) is 17.8 Å². The van der Waals surface area contributed by atoms with Crippen molar-refractivity contribution < 1.29 is 46.5 Å². The van der Waals surface area contributed by atoms with E-state index >= 15 is 4.79 Å². The Morgan fingerprint density at radius 2 is 1.79 bits per heavy atom. The quantitative estimate of drug-likeness (QED) is 0.341. The van der Waals surface area contributed by atoms with E-state index in [1.807, 2.05) is 50.3 Å². The van der Waals surface area contributed by atoms with Crippen LogP contribution >= 0.6 is 0 Å². The van der Waals surface area contributed by atoms with E-state index in [0.717, 1.165) is 24.6 Å². The fraction of sp³-hybridized carbons (Fsp3) is 0.659. The normalized spacial score (nSPS) is 31.3. The average molecular weight is 865 g/mol. The number of carbonyl (C=O) groups excluding carboxylic acids is 4. The highest BCUT2D eigenvalue weighted by Crippen LogP contribution is 2.48. The Labute approximate surface area is 358 Å². The smallest absolute Gasteiger partial charge is 0.410 e. The lowest BCUT2D eigenvalue weighted by atomic mass is 9.87. The topological polar surface area (TPSA) is 186 Å². The summed E-state index contributed by atoms with van der Waals surface area (Å²) < 4.78 is 51.7. The predicted molar refractivity (Wildman–Crippen MR) is 227 cm³/mol. The maximum absolute atomic E-state index is 15.2. The van der Waals surface area contributed by atoms with E-state index in [2.05, 4.69) is 21.9 Å². The van der Waals surface area contributed by atoms with Crippen molar-refractivity contribution in [3.8, 4) is 11.6 Å². The Kier molecular flexibility index (Phi) is 11.5. The molecule has 0 unspecified atom stereocenters. The number of carbonyl (C=O) groups is 4. The summed E-state index contributed by atoms with van der Waals surface area (Å²) in [7, 11) is -0.842. The molecule has 0 radical (unpaired) electrons. The summed E-state index contributed by atoms with van der Waals surface area (Å²) in [6.45, 7) is 9.87. The minimum absolute atomic E-state index is 0.0212. The number of fused-ring (bicyclic) bond motifs is 3. The lowest BCUT2D eigenvalue weighted by Crippen LogP contribution is -2.59. The summed E-state index contributed by atoms with van der Waals surface area (Å²) in [4.78, 5) is 67.8. The van der Waals surface area contributed by atoms with Crippen LogP contribution in [0.3, 0.4) is 0 Å². The number of anilines is 1. The van der Waals surface area contributed by atoms with Gasteiger partial charge in [0, 0.05) is 37.9 Å². The molecule has 5 fully saturated rings. The van der Waals surface area contributed by atoms with E-state index in [1.165, 1.54) is 9.80 Å². The molecule has 2 aromatic rings. The Hall–Kier alpha value is -4.64. The Morgan fingerprint density at radius 1 is 1.05 bits per heavy atom. The molecule has 6 aliphatic rings. The number of likely N-dealkylation sites (N-methyl/N-ethyl adjacent to an activating group) is 1. The van der Waals surface area contributed by atoms with Crippen molar-refractivity contribution in [1.29, 1.82) is 0 Å². The molecule has 2 saturated heterocycles. The van der Waals surface area contributed by atoms with Crippen molar-refractivity contribution >= 4 is 50.4 Å². The number of allylic oxidation sites excluding steroid dienone is 1. The number of amides is 4. The van der Waals surface area contributed by atoms with Crippen LogP contribution < -0.4 is 24.4 Å². The van der Waals surface area contributed by atoms with E-state index in [9.17, 15) is 22.8 Å². The van der Waals surface area contributed by atoms with Gasteiger partial charge in [0.1, 0.15) is 40.9 Å². The van der Waals surface area contributed by atoms with Crippen LogP contribution in [0.2, 0.25) is 0 Å². The van der Waals surface area contributed by atoms with Gasteiger partial charge in [-0.2, -0.15) is 4.98 Å². The monoisotopic (exact) mass is 864 g/mol. The van der Waals surface area contributed by atoms with Crippen molar-refractivity contribution in [3.05, 3.63) is 36.4 Å². The molecular weight excluding hydrogens is 805 g/mol. The summed E-state index contributed by atoms with van der Waals surface area (Å²) in [5.41, 5.74) is -2.12. The van der Waals surface area contributed by atoms with Gasteiger partial charge in [0.15, 0.2) is 0 Å². The zero-order valence-electron chi connectivity index (χ0n) is 36.1. The first-order valence-electron chi connectivity index (χ1n) is 21.7. The van der Waals surface area contributed by atoms with Gasteiger partial charge < -0.3 is 34.1 Å². The molecule has 8 rings (SSSR count). The molecule has 0 spiro atoms. The number of methoxy groups -OCH3 is 1. The Bertz CT molecular complexity index is 2200. The van der Waals surface area contributed by atoms with Crippen LogP contribution in [-0.2, 0) is 33.9 Å². The summed E-state index contributed by atoms with van der Waals surface area (Å²) in [5, 5.41) is 4.50. The second kappa shape index (κ2) is 16.2. The number of benzene rings is 1. The van der Waals surface area contributed by atoms with E-state index in [1.54, 1.807) is 21.1 Å². The van der Waals surface area contributed by atoms with Crippen LogP contribution in [0.4, 0.5) is 10.6 Å². The van der Waals surface area contributed by atoms with Crippen LogP contribution in [0.5, 0.6) is 11.6 Å². The second-order valence-corrected chi connectivity index (χ2v) is 21.0. The number of ether oxygens (including phenoxy) is 4. The number of aromatic nitrogens is 1. The highest BCUT2D eigenvalue weighted by atomic mass is 32.2. The molecule has 3 saturated carbocycles. The van der Waals surface area contributed by atoms with Gasteiger partial charge in [-0.25, -0.2) is 13.2 Å². The highest BCUT2D eigenvalue weighted by molar-refractivity contribution is 7.91. The summed E-state index contributed by atoms with van der Waals surface area (Å²) in [5.74, 6) is -0.814. The van der Waals surface area contributed by atoms with E-state index in [4.69, 9.17) is 23.9 Å². The number of pyridine rings is 1. The zero-order valence-corrected chi connectivity index (χ0v) is 36.9. The number of nitrogens with zero attached hydrogens (tertiary/aromatic N) is 4. The van der Waals surface area contributed by atoms with Crippen molar-refractivity contribution in [2.45, 2.75) is 120 Å². The van der Waals surface area contributed by atoms with Gasteiger partial charge in [-0.1, -0.05) is 26.0 Å². The first kappa shape index (κ1) is 43.0. The van der Waals surface area contributed by atoms with Gasteiger partial charge in [0.2, 0.25) is 27.7 Å². The molecule has 3 aliphatic heterocycles. The summed E-state index contributed by atoms with van der Waals surface area (Å²) in [6, 6.07) is 5.44. The van der Waals surface area contributed by atoms with Crippen molar-refractivity contribution in [2.75, 3.05) is 51.9 Å². The molecule has 2 N–H and O–H groups in total. The molecule has 1 aromatic carbocycles. The summed E-state index contributed by atoms with van der Waals surface area (Å²) >= 11 is 0. The van der Waals surface area contributed by atoms with Gasteiger partial charge in [0.05, 0.1) is 31.6 Å². The maximum atomic E-state index is 15.2. The number of nitrogens with one attached hydrogen (secondary N) is 2. The van der Waals surface area contributed by atoms with Crippen molar-refractivity contribution in [1.82, 2.24) is 24.8 Å². The number of hydrogen-bond acceptors (Lipinski definition) is 12. The lowest BCUT2D eigenvalue weighted by molar-refractivity contribution is -0.144. The Balaban J connectivity index is 1.15. The number of hydrogen-bond donors (Lipinski definition) is 2. The molecule has 16 nitrogen and oxygen atoms in total. The average Bonchev–Trinajstić information content (AvgIpc) is 4.19. The van der Waals surface area contributed by atoms with Crippen LogP contribution in [-0.4, -0.2) is 128 Å². The molecule has 17 heteroatoms. The Morgan fingerprint density at radius 3 is 2.48 bits per heavy atom. The molecule has 7 atom stereocenters. The maximum Gasteiger partial charge on any atom is 0.410 e. The van der Waals surface area contributed by atoms with Crippen LogP contribution in [0.1, 0.15) is 85.5 Å². The number of morpholine rings is 1. The lowest BCUT2D eigenvalue weighted by Gasteiger charge is -2.37. The number of rotatable bonds is 9. The second-order valence-electron chi connectivity index (χ2n) is 18.8. The third-order valence-electron chi connectivity index (χ3n) is 13.8. The van der Waals surface area contributed by atoms with Crippen LogP contribution in [0.25, 0.3) is 10.8 Å². The fourth-order valence-corrected chi connectivity index (χ4v) is 10.4. The van der Waals surface area contributed by atoms with Gasteiger partial charge in [-0.3, -0.25) is 24.0 Å². The third-order valence-corrected chi connectivity index (χ3v) is 16.0. The molecular formula is C44H60N6O10S. The van der Waals surface area contributed by atoms with Gasteiger partial charge in [-0.05, 0) is 107 Å². The largest absolute Gasteiger partial charge is 0.497 e. The molecule has 4 heterocycles. The minimum atomic E-state index is -4.02. The zero-order chi connectivity index (χ0) is 43.5. The molecule has 332 valence electrons. The van der Waals surface area contributed by atoms with Crippen LogP contribution in [0.15, 0.2) is 36.4 Å².